The Balaban J connectivity index is 1.75. The Labute approximate surface area is 200 Å². The van der Waals surface area contributed by atoms with Crippen molar-refractivity contribution in [2.24, 2.45) is 0 Å². The number of aromatic nitrogens is 2. The van der Waals surface area contributed by atoms with Crippen LogP contribution in [-0.4, -0.2) is 34.2 Å². The van der Waals surface area contributed by atoms with Gasteiger partial charge in [0, 0.05) is 17.8 Å². The van der Waals surface area contributed by atoms with Gasteiger partial charge in [-0.1, -0.05) is 60.8 Å². The topological polar surface area (TPSA) is 80.5 Å². The van der Waals surface area contributed by atoms with E-state index in [1.807, 2.05) is 69.3 Å². The standard InChI is InChI=1S/C27H32N4O3/c1-5-7-8-16-31-19(4)23(26-29-25(30-34-26)21-11-9-10-18(3)17-21)24(28-27(31)32)20-12-14-22(15-13-20)33-6-2/h9-15,17,24H,5-8,16H2,1-4H3,(H,28,32). The lowest BCUT2D eigenvalue weighted by molar-refractivity contribution is 0.204. The van der Waals surface area contributed by atoms with Crippen LogP contribution in [0.5, 0.6) is 5.75 Å². The zero-order valence-corrected chi connectivity index (χ0v) is 20.3. The van der Waals surface area contributed by atoms with Gasteiger partial charge in [-0.15, -0.1) is 0 Å². The highest BCUT2D eigenvalue weighted by Crippen LogP contribution is 2.38. The summed E-state index contributed by atoms with van der Waals surface area (Å²) in [6.45, 7) is 9.33. The van der Waals surface area contributed by atoms with E-state index in [1.165, 1.54) is 0 Å². The average Bonchev–Trinajstić information content (AvgIpc) is 3.31. The van der Waals surface area contributed by atoms with Crippen molar-refractivity contribution in [1.29, 1.82) is 0 Å². The third kappa shape index (κ3) is 4.98. The van der Waals surface area contributed by atoms with Crippen molar-refractivity contribution < 1.29 is 14.1 Å². The van der Waals surface area contributed by atoms with E-state index in [1.54, 1.807) is 4.90 Å². The molecule has 0 saturated carbocycles. The lowest BCUT2D eigenvalue weighted by atomic mass is 9.94. The van der Waals surface area contributed by atoms with Crippen LogP contribution >= 0.6 is 0 Å². The smallest absolute Gasteiger partial charge is 0.322 e. The van der Waals surface area contributed by atoms with Crippen molar-refractivity contribution in [2.45, 2.75) is 53.0 Å². The van der Waals surface area contributed by atoms with E-state index in [9.17, 15) is 4.79 Å². The summed E-state index contributed by atoms with van der Waals surface area (Å²) in [5.41, 5.74) is 4.59. The monoisotopic (exact) mass is 460 g/mol. The Morgan fingerprint density at radius 2 is 1.88 bits per heavy atom. The van der Waals surface area contributed by atoms with Crippen LogP contribution in [0.4, 0.5) is 4.79 Å². The molecule has 1 atom stereocenters. The Kier molecular flexibility index (Phi) is 7.30. The molecule has 4 rings (SSSR count). The molecular weight excluding hydrogens is 428 g/mol. The molecule has 0 radical (unpaired) electrons. The molecule has 3 aromatic rings. The van der Waals surface area contributed by atoms with Crippen LogP contribution in [0.25, 0.3) is 17.0 Å². The van der Waals surface area contributed by atoms with Gasteiger partial charge in [-0.2, -0.15) is 4.98 Å². The van der Waals surface area contributed by atoms with Crippen molar-refractivity contribution in [3.05, 3.63) is 71.2 Å². The summed E-state index contributed by atoms with van der Waals surface area (Å²) in [4.78, 5) is 19.6. The summed E-state index contributed by atoms with van der Waals surface area (Å²) in [5, 5.41) is 7.41. The number of urea groups is 1. The molecule has 2 amide bonds. The molecule has 1 N–H and O–H groups in total. The number of unbranched alkanes of at least 4 members (excludes halogenated alkanes) is 2. The normalized spacial score (nSPS) is 16.1. The third-order valence-corrected chi connectivity index (χ3v) is 6.04. The fraction of sp³-hybridized carbons (Fsp3) is 0.370. The quantitative estimate of drug-likeness (QED) is 0.389. The minimum Gasteiger partial charge on any atom is -0.494 e. The van der Waals surface area contributed by atoms with Gasteiger partial charge in [0.15, 0.2) is 0 Å². The molecule has 1 aliphatic rings. The van der Waals surface area contributed by atoms with Gasteiger partial charge in [-0.25, -0.2) is 4.79 Å². The van der Waals surface area contributed by atoms with Gasteiger partial charge in [0.2, 0.25) is 5.82 Å². The number of aryl methyl sites for hydroxylation is 1. The van der Waals surface area contributed by atoms with Crippen molar-refractivity contribution in [3.8, 4) is 17.1 Å². The number of nitrogens with zero attached hydrogens (tertiary/aromatic N) is 3. The molecule has 0 saturated heterocycles. The van der Waals surface area contributed by atoms with Crippen LogP contribution in [0, 0.1) is 6.92 Å². The molecule has 1 unspecified atom stereocenters. The van der Waals surface area contributed by atoms with Crippen LogP contribution in [-0.2, 0) is 0 Å². The van der Waals surface area contributed by atoms with E-state index < -0.39 is 6.04 Å². The second kappa shape index (κ2) is 10.5. The van der Waals surface area contributed by atoms with Gasteiger partial charge in [-0.05, 0) is 51.0 Å². The molecule has 2 aromatic carbocycles. The zero-order valence-electron chi connectivity index (χ0n) is 20.3. The summed E-state index contributed by atoms with van der Waals surface area (Å²) in [6.07, 6.45) is 3.08. The van der Waals surface area contributed by atoms with E-state index in [2.05, 4.69) is 17.4 Å². The molecule has 7 nitrogen and oxygen atoms in total. The van der Waals surface area contributed by atoms with Crippen LogP contribution in [0.1, 0.15) is 63.1 Å². The number of carbonyl (C=O) groups excluding carboxylic acids is 1. The number of hydrogen-bond acceptors (Lipinski definition) is 5. The number of rotatable bonds is 9. The predicted molar refractivity (Wildman–Crippen MR) is 132 cm³/mol. The highest BCUT2D eigenvalue weighted by Gasteiger charge is 2.35. The predicted octanol–water partition coefficient (Wildman–Crippen LogP) is 6.13. The van der Waals surface area contributed by atoms with E-state index in [4.69, 9.17) is 14.2 Å². The molecule has 0 spiro atoms. The van der Waals surface area contributed by atoms with E-state index in [-0.39, 0.29) is 6.03 Å². The summed E-state index contributed by atoms with van der Waals surface area (Å²) in [6, 6.07) is 15.2. The SMILES string of the molecule is CCCCCN1C(=O)NC(c2ccc(OCC)cc2)C(c2nc(-c3cccc(C)c3)no2)=C1C. The first-order valence-corrected chi connectivity index (χ1v) is 11.9. The first-order valence-electron chi connectivity index (χ1n) is 11.9. The summed E-state index contributed by atoms with van der Waals surface area (Å²) >= 11 is 0. The summed E-state index contributed by atoms with van der Waals surface area (Å²) in [7, 11) is 0. The Morgan fingerprint density at radius 1 is 1.09 bits per heavy atom. The highest BCUT2D eigenvalue weighted by molar-refractivity contribution is 5.86. The zero-order chi connectivity index (χ0) is 24.1. The van der Waals surface area contributed by atoms with E-state index in [0.29, 0.717) is 24.9 Å². The maximum atomic E-state index is 13.1. The van der Waals surface area contributed by atoms with Crippen LogP contribution < -0.4 is 10.1 Å². The van der Waals surface area contributed by atoms with E-state index >= 15 is 0 Å². The van der Waals surface area contributed by atoms with Gasteiger partial charge in [0.05, 0.1) is 18.2 Å². The van der Waals surface area contributed by atoms with E-state index in [0.717, 1.165) is 53.0 Å². The average molecular weight is 461 g/mol. The first kappa shape index (κ1) is 23.5. The minimum absolute atomic E-state index is 0.116. The fourth-order valence-electron chi connectivity index (χ4n) is 4.26. The lowest BCUT2D eigenvalue weighted by Gasteiger charge is -2.35. The largest absolute Gasteiger partial charge is 0.494 e. The molecule has 0 bridgehead atoms. The molecule has 1 aliphatic heterocycles. The summed E-state index contributed by atoms with van der Waals surface area (Å²) < 4.78 is 11.4. The Bertz CT molecular complexity index is 1170. The Morgan fingerprint density at radius 3 is 2.59 bits per heavy atom. The number of carbonyl (C=O) groups is 1. The van der Waals surface area contributed by atoms with Gasteiger partial charge in [0.25, 0.3) is 5.89 Å². The molecule has 34 heavy (non-hydrogen) atoms. The molecule has 178 valence electrons. The molecule has 0 fully saturated rings. The van der Waals surface area contributed by atoms with Crippen molar-refractivity contribution >= 4 is 11.6 Å². The number of benzene rings is 2. The van der Waals surface area contributed by atoms with Gasteiger partial charge in [-0.3, -0.25) is 4.90 Å². The van der Waals surface area contributed by atoms with Gasteiger partial charge in [0.1, 0.15) is 5.75 Å². The van der Waals surface area contributed by atoms with Crippen molar-refractivity contribution in [1.82, 2.24) is 20.4 Å². The number of allylic oxidation sites excluding steroid dienone is 1. The van der Waals surface area contributed by atoms with Gasteiger partial charge >= 0.3 is 6.03 Å². The molecule has 2 heterocycles. The van der Waals surface area contributed by atoms with Crippen LogP contribution in [0.3, 0.4) is 0 Å². The first-order chi connectivity index (χ1) is 16.5. The highest BCUT2D eigenvalue weighted by atomic mass is 16.5. The number of hydrogen-bond donors (Lipinski definition) is 1. The lowest BCUT2D eigenvalue weighted by Crippen LogP contribution is -2.46. The maximum absolute atomic E-state index is 13.1. The van der Waals surface area contributed by atoms with Crippen molar-refractivity contribution in [2.75, 3.05) is 13.2 Å². The minimum atomic E-state index is -0.406. The van der Waals surface area contributed by atoms with Crippen LogP contribution in [0.2, 0.25) is 0 Å². The molecular formula is C27H32N4O3. The second-order valence-corrected chi connectivity index (χ2v) is 8.53. The maximum Gasteiger partial charge on any atom is 0.322 e. The molecule has 7 heteroatoms. The Hall–Kier alpha value is -3.61. The third-order valence-electron chi connectivity index (χ3n) is 6.04. The molecule has 1 aromatic heterocycles. The van der Waals surface area contributed by atoms with Crippen LogP contribution in [0.15, 0.2) is 58.8 Å². The summed E-state index contributed by atoms with van der Waals surface area (Å²) in [5.74, 6) is 1.73. The number of ether oxygens (including phenoxy) is 1. The second-order valence-electron chi connectivity index (χ2n) is 8.53. The molecule has 0 aliphatic carbocycles. The number of nitrogens with one attached hydrogen (secondary N) is 1. The fourth-order valence-corrected chi connectivity index (χ4v) is 4.26. The number of amides is 2. The van der Waals surface area contributed by atoms with Crippen molar-refractivity contribution in [3.63, 3.8) is 0 Å². The van der Waals surface area contributed by atoms with Gasteiger partial charge < -0.3 is 14.6 Å².